The number of para-hydroxylation sites is 1. The maximum atomic E-state index is 12.7. The number of ketones is 1. The van der Waals surface area contributed by atoms with E-state index in [-0.39, 0.29) is 22.9 Å². The second-order valence-corrected chi connectivity index (χ2v) is 7.42. The van der Waals surface area contributed by atoms with Crippen LogP contribution in [0.1, 0.15) is 26.3 Å². The first-order valence-electron chi connectivity index (χ1n) is 9.56. The Morgan fingerprint density at radius 1 is 1.00 bits per heavy atom. The average Bonchev–Trinajstić information content (AvgIpc) is 3.08. The molecule has 0 saturated heterocycles. The van der Waals surface area contributed by atoms with Crippen molar-refractivity contribution in [2.45, 2.75) is 0 Å². The van der Waals surface area contributed by atoms with Gasteiger partial charge >= 0.3 is 5.97 Å². The second-order valence-electron chi connectivity index (χ2n) is 7.01. The number of hydrogen-bond donors (Lipinski definition) is 0. The Balaban J connectivity index is 1.37. The lowest BCUT2D eigenvalue weighted by molar-refractivity contribution is 0.0734. The van der Waals surface area contributed by atoms with E-state index in [9.17, 15) is 9.59 Å². The van der Waals surface area contributed by atoms with E-state index in [1.54, 1.807) is 42.5 Å². The normalized spacial score (nSPS) is 15.5. The van der Waals surface area contributed by atoms with Crippen molar-refractivity contribution >= 4 is 29.4 Å². The fraction of sp³-hybridized carbons (Fsp3) is 0.0400. The van der Waals surface area contributed by atoms with Gasteiger partial charge in [-0.3, -0.25) is 4.79 Å². The van der Waals surface area contributed by atoms with E-state index in [2.05, 4.69) is 0 Å². The molecule has 0 fully saturated rings. The maximum absolute atomic E-state index is 12.7. The standard InChI is InChI=1S/C25H15ClO5/c26-20-7-3-2-6-18(20)25(28)30-17-9-10-19-22(13-17)31-23(24(19)27)12-15-11-16-5-1-4-8-21(16)29-14-15/h1-13H,14H2/b23-12-. The maximum Gasteiger partial charge on any atom is 0.345 e. The van der Waals surface area contributed by atoms with Crippen LogP contribution in [0.25, 0.3) is 6.08 Å². The van der Waals surface area contributed by atoms with Crippen LogP contribution in [0.5, 0.6) is 17.2 Å². The van der Waals surface area contributed by atoms with E-state index < -0.39 is 5.97 Å². The Hall–Kier alpha value is -3.83. The molecule has 0 N–H and O–H groups in total. The molecule has 0 saturated carbocycles. The molecule has 0 aromatic heterocycles. The van der Waals surface area contributed by atoms with Crippen LogP contribution < -0.4 is 14.2 Å². The number of carbonyl (C=O) groups excluding carboxylic acids is 2. The number of carbonyl (C=O) groups is 2. The predicted octanol–water partition coefficient (Wildman–Crippen LogP) is 5.49. The molecule has 0 radical (unpaired) electrons. The van der Waals surface area contributed by atoms with Gasteiger partial charge in [0.25, 0.3) is 0 Å². The third-order valence-electron chi connectivity index (χ3n) is 4.92. The Labute approximate surface area is 183 Å². The molecule has 31 heavy (non-hydrogen) atoms. The highest BCUT2D eigenvalue weighted by atomic mass is 35.5. The van der Waals surface area contributed by atoms with Gasteiger partial charge < -0.3 is 14.2 Å². The molecule has 0 atom stereocenters. The minimum absolute atomic E-state index is 0.193. The number of Topliss-reactive ketones (excluding diaryl/α,β-unsaturated/α-hetero) is 1. The number of ether oxygens (including phenoxy) is 3. The Bertz CT molecular complexity index is 1290. The molecule has 6 heteroatoms. The third-order valence-corrected chi connectivity index (χ3v) is 5.25. The van der Waals surface area contributed by atoms with Crippen molar-refractivity contribution in [1.82, 2.24) is 0 Å². The van der Waals surface area contributed by atoms with Crippen LogP contribution in [-0.4, -0.2) is 18.4 Å². The van der Waals surface area contributed by atoms with Crippen molar-refractivity contribution < 1.29 is 23.8 Å². The van der Waals surface area contributed by atoms with Gasteiger partial charge in [-0.05, 0) is 48.1 Å². The van der Waals surface area contributed by atoms with E-state index in [1.807, 2.05) is 30.3 Å². The Morgan fingerprint density at radius 2 is 1.81 bits per heavy atom. The zero-order chi connectivity index (χ0) is 21.4. The third kappa shape index (κ3) is 3.71. The first kappa shape index (κ1) is 19.2. The van der Waals surface area contributed by atoms with Crippen molar-refractivity contribution in [3.63, 3.8) is 0 Å². The summed E-state index contributed by atoms with van der Waals surface area (Å²) in [6, 6.07) is 18.9. The topological polar surface area (TPSA) is 61.8 Å². The molecule has 3 aromatic rings. The quantitative estimate of drug-likeness (QED) is 0.312. The summed E-state index contributed by atoms with van der Waals surface area (Å²) in [5, 5.41) is 0.301. The number of esters is 1. The minimum atomic E-state index is -0.589. The highest BCUT2D eigenvalue weighted by Gasteiger charge is 2.29. The lowest BCUT2D eigenvalue weighted by atomic mass is 10.1. The largest absolute Gasteiger partial charge is 0.488 e. The van der Waals surface area contributed by atoms with Crippen LogP contribution in [0.4, 0.5) is 0 Å². The highest BCUT2D eigenvalue weighted by Crippen LogP contribution is 2.36. The van der Waals surface area contributed by atoms with Crippen LogP contribution >= 0.6 is 11.6 Å². The summed E-state index contributed by atoms with van der Waals surface area (Å²) in [4.78, 5) is 25.1. The van der Waals surface area contributed by atoms with Gasteiger partial charge in [0, 0.05) is 11.6 Å². The van der Waals surface area contributed by atoms with Crippen molar-refractivity contribution in [1.29, 1.82) is 0 Å². The van der Waals surface area contributed by atoms with Gasteiger partial charge in [0.15, 0.2) is 5.76 Å². The number of fused-ring (bicyclic) bond motifs is 2. The summed E-state index contributed by atoms with van der Waals surface area (Å²) in [6.45, 7) is 0.341. The summed E-state index contributed by atoms with van der Waals surface area (Å²) in [5.74, 6) is 0.758. The summed E-state index contributed by atoms with van der Waals surface area (Å²) in [7, 11) is 0. The number of benzene rings is 3. The van der Waals surface area contributed by atoms with Gasteiger partial charge in [0.1, 0.15) is 23.9 Å². The molecule has 3 aromatic carbocycles. The summed E-state index contributed by atoms with van der Waals surface area (Å²) in [5.41, 5.74) is 2.42. The van der Waals surface area contributed by atoms with E-state index in [0.29, 0.717) is 22.9 Å². The second kappa shape index (κ2) is 7.78. The van der Waals surface area contributed by atoms with Crippen molar-refractivity contribution in [2.24, 2.45) is 0 Å². The molecule has 5 rings (SSSR count). The van der Waals surface area contributed by atoms with Gasteiger partial charge in [-0.25, -0.2) is 4.79 Å². The van der Waals surface area contributed by atoms with Crippen LogP contribution in [0, 0.1) is 0 Å². The molecule has 152 valence electrons. The summed E-state index contributed by atoms with van der Waals surface area (Å²) >= 11 is 6.05. The predicted molar refractivity (Wildman–Crippen MR) is 116 cm³/mol. The van der Waals surface area contributed by atoms with Gasteiger partial charge in [-0.1, -0.05) is 41.9 Å². The highest BCUT2D eigenvalue weighted by molar-refractivity contribution is 6.33. The van der Waals surface area contributed by atoms with Gasteiger partial charge in [0.2, 0.25) is 5.78 Å². The van der Waals surface area contributed by atoms with Gasteiger partial charge in [0.05, 0.1) is 16.1 Å². The lowest BCUT2D eigenvalue weighted by Gasteiger charge is -2.15. The molecule has 0 aliphatic carbocycles. The molecule has 0 unspecified atom stereocenters. The smallest absolute Gasteiger partial charge is 0.345 e. The van der Waals surface area contributed by atoms with Gasteiger partial charge in [-0.15, -0.1) is 0 Å². The molecule has 5 nitrogen and oxygen atoms in total. The molecule has 0 bridgehead atoms. The number of allylic oxidation sites excluding steroid dienone is 1. The monoisotopic (exact) mass is 430 g/mol. The summed E-state index contributed by atoms with van der Waals surface area (Å²) in [6.07, 6.45) is 3.63. The Kier molecular flexibility index (Phi) is 4.81. The number of rotatable bonds is 3. The van der Waals surface area contributed by atoms with Crippen molar-refractivity contribution in [2.75, 3.05) is 6.61 Å². The number of hydrogen-bond acceptors (Lipinski definition) is 5. The average molecular weight is 431 g/mol. The van der Waals surface area contributed by atoms with Crippen LogP contribution in [-0.2, 0) is 0 Å². The van der Waals surface area contributed by atoms with E-state index in [1.165, 1.54) is 6.07 Å². The number of halogens is 1. The zero-order valence-electron chi connectivity index (χ0n) is 16.1. The lowest BCUT2D eigenvalue weighted by Crippen LogP contribution is -2.09. The van der Waals surface area contributed by atoms with Crippen molar-refractivity contribution in [3.05, 3.63) is 106 Å². The van der Waals surface area contributed by atoms with Crippen LogP contribution in [0.15, 0.2) is 84.1 Å². The molecular formula is C25H15ClO5. The fourth-order valence-electron chi connectivity index (χ4n) is 3.40. The van der Waals surface area contributed by atoms with Gasteiger partial charge in [-0.2, -0.15) is 0 Å². The minimum Gasteiger partial charge on any atom is -0.488 e. The molecule has 0 spiro atoms. The van der Waals surface area contributed by atoms with E-state index >= 15 is 0 Å². The fourth-order valence-corrected chi connectivity index (χ4v) is 3.62. The first-order chi connectivity index (χ1) is 15.1. The molecule has 2 aliphatic heterocycles. The van der Waals surface area contributed by atoms with E-state index in [4.69, 9.17) is 25.8 Å². The van der Waals surface area contributed by atoms with Crippen LogP contribution in [0.3, 0.4) is 0 Å². The Morgan fingerprint density at radius 3 is 2.68 bits per heavy atom. The zero-order valence-corrected chi connectivity index (χ0v) is 16.9. The SMILES string of the molecule is O=C(Oc1ccc2c(c1)O/C(=C\C1=Cc3ccccc3OC1)C2=O)c1ccccc1Cl. The molecule has 0 amide bonds. The first-order valence-corrected chi connectivity index (χ1v) is 9.94. The summed E-state index contributed by atoms with van der Waals surface area (Å²) < 4.78 is 16.9. The van der Waals surface area contributed by atoms with Crippen LogP contribution in [0.2, 0.25) is 5.02 Å². The van der Waals surface area contributed by atoms with E-state index in [0.717, 1.165) is 16.9 Å². The molecular weight excluding hydrogens is 416 g/mol. The van der Waals surface area contributed by atoms with Crippen molar-refractivity contribution in [3.8, 4) is 17.2 Å². The molecule has 2 aliphatic rings. The molecule has 2 heterocycles.